The van der Waals surface area contributed by atoms with E-state index >= 15 is 0 Å². The summed E-state index contributed by atoms with van der Waals surface area (Å²) >= 11 is 6.12. The third-order valence-corrected chi connectivity index (χ3v) is 3.93. The molecule has 9 heteroatoms. The summed E-state index contributed by atoms with van der Waals surface area (Å²) in [5.74, 6) is 0. The Morgan fingerprint density at radius 2 is 1.96 bits per heavy atom. The van der Waals surface area contributed by atoms with Crippen LogP contribution in [0.15, 0.2) is 30.5 Å². The van der Waals surface area contributed by atoms with Gasteiger partial charge in [0.25, 0.3) is 0 Å². The molecule has 3 N–H and O–H groups in total. The van der Waals surface area contributed by atoms with Crippen molar-refractivity contribution in [2.45, 2.75) is 32.9 Å². The smallest absolute Gasteiger partial charge is 0.319 e. The Hall–Kier alpha value is -2.71. The topological polar surface area (TPSA) is 105 Å². The van der Waals surface area contributed by atoms with Crippen molar-refractivity contribution in [2.24, 2.45) is 0 Å². The summed E-state index contributed by atoms with van der Waals surface area (Å²) in [7, 11) is 0. The molecular weight excluding hydrogens is 368 g/mol. The van der Waals surface area contributed by atoms with E-state index < -0.39 is 5.60 Å². The number of carbonyl (C=O) groups is 1. The third-order valence-electron chi connectivity index (χ3n) is 3.76. The van der Waals surface area contributed by atoms with Crippen molar-refractivity contribution in [2.75, 3.05) is 11.9 Å². The van der Waals surface area contributed by atoms with Crippen molar-refractivity contribution in [1.82, 2.24) is 25.1 Å². The van der Waals surface area contributed by atoms with Gasteiger partial charge in [-0.15, -0.1) is 0 Å². The Balaban J connectivity index is 1.96. The molecule has 0 aliphatic rings. The quantitative estimate of drug-likeness (QED) is 0.582. The minimum atomic E-state index is -0.942. The number of urea groups is 1. The van der Waals surface area contributed by atoms with Gasteiger partial charge in [0.15, 0.2) is 5.65 Å². The summed E-state index contributed by atoms with van der Waals surface area (Å²) in [5, 5.41) is 20.6. The Kier molecular flexibility index (Phi) is 5.29. The first-order valence-corrected chi connectivity index (χ1v) is 8.91. The van der Waals surface area contributed by atoms with Crippen LogP contribution < -0.4 is 10.6 Å². The summed E-state index contributed by atoms with van der Waals surface area (Å²) in [6, 6.07) is 6.99. The van der Waals surface area contributed by atoms with Crippen molar-refractivity contribution in [1.29, 1.82) is 0 Å². The number of nitrogens with zero attached hydrogens (tertiary/aromatic N) is 4. The Bertz CT molecular complexity index is 962. The van der Waals surface area contributed by atoms with E-state index in [-0.39, 0.29) is 17.9 Å². The molecule has 2 amide bonds. The van der Waals surface area contributed by atoms with Crippen LogP contribution in [0.3, 0.4) is 0 Å². The first kappa shape index (κ1) is 19.1. The summed E-state index contributed by atoms with van der Waals surface area (Å²) in [6.07, 6.45) is 1.66. The minimum absolute atomic E-state index is 0.0968. The van der Waals surface area contributed by atoms with Crippen LogP contribution in [-0.4, -0.2) is 43.0 Å². The van der Waals surface area contributed by atoms with Crippen molar-refractivity contribution >= 4 is 34.4 Å². The molecule has 3 aromatic rings. The molecule has 0 atom stereocenters. The van der Waals surface area contributed by atoms with Gasteiger partial charge in [0.1, 0.15) is 0 Å². The third kappa shape index (κ3) is 4.53. The maximum absolute atomic E-state index is 11.6. The lowest BCUT2D eigenvalue weighted by Crippen LogP contribution is -2.28. The van der Waals surface area contributed by atoms with Gasteiger partial charge in [-0.3, -0.25) is 0 Å². The molecule has 0 saturated carbocycles. The molecule has 0 fully saturated rings. The normalized spacial score (nSPS) is 11.6. The van der Waals surface area contributed by atoms with Crippen LogP contribution >= 0.6 is 11.6 Å². The number of hydrogen-bond acceptors (Lipinski definition) is 5. The highest BCUT2D eigenvalue weighted by Gasteiger charge is 2.19. The van der Waals surface area contributed by atoms with E-state index in [1.165, 1.54) is 0 Å². The minimum Gasteiger partial charge on any atom is -0.389 e. The zero-order valence-corrected chi connectivity index (χ0v) is 16.1. The largest absolute Gasteiger partial charge is 0.389 e. The van der Waals surface area contributed by atoms with E-state index in [4.69, 9.17) is 11.6 Å². The molecule has 0 aliphatic heterocycles. The summed E-state index contributed by atoms with van der Waals surface area (Å²) in [4.78, 5) is 20.2. The lowest BCUT2D eigenvalue weighted by molar-refractivity contribution is 0.0589. The molecule has 0 saturated heterocycles. The molecule has 2 aromatic heterocycles. The second-order valence-corrected chi connectivity index (χ2v) is 7.09. The van der Waals surface area contributed by atoms with Gasteiger partial charge in [-0.2, -0.15) is 10.1 Å². The highest BCUT2D eigenvalue weighted by molar-refractivity contribution is 6.28. The average molecular weight is 389 g/mol. The number of fused-ring (bicyclic) bond motifs is 1. The van der Waals surface area contributed by atoms with Crippen LogP contribution in [-0.2, 0) is 6.54 Å². The van der Waals surface area contributed by atoms with Crippen molar-refractivity contribution in [3.8, 4) is 11.3 Å². The van der Waals surface area contributed by atoms with Gasteiger partial charge in [0.2, 0.25) is 5.28 Å². The van der Waals surface area contributed by atoms with Crippen LogP contribution in [0.1, 0.15) is 20.8 Å². The summed E-state index contributed by atoms with van der Waals surface area (Å²) in [6.45, 7) is 6.08. The fourth-order valence-corrected chi connectivity index (χ4v) is 2.84. The molecule has 0 spiro atoms. The lowest BCUT2D eigenvalue weighted by atomic mass is 10.1. The molecule has 0 bridgehead atoms. The van der Waals surface area contributed by atoms with Crippen molar-refractivity contribution in [3.05, 3.63) is 35.7 Å². The van der Waals surface area contributed by atoms with E-state index in [2.05, 4.69) is 25.7 Å². The predicted octanol–water partition coefficient (Wildman–Crippen LogP) is 3.06. The number of halogens is 1. The molecule has 3 rings (SSSR count). The zero-order chi connectivity index (χ0) is 19.6. The fourth-order valence-electron chi connectivity index (χ4n) is 2.68. The monoisotopic (exact) mass is 388 g/mol. The number of hydrogen-bond donors (Lipinski definition) is 3. The maximum Gasteiger partial charge on any atom is 0.319 e. The van der Waals surface area contributed by atoms with E-state index in [9.17, 15) is 9.90 Å². The van der Waals surface area contributed by atoms with Gasteiger partial charge < -0.3 is 15.7 Å². The van der Waals surface area contributed by atoms with E-state index in [0.717, 1.165) is 10.9 Å². The molecular formula is C18H21ClN6O2. The number of anilines is 1. The molecule has 142 valence electrons. The van der Waals surface area contributed by atoms with Gasteiger partial charge in [0, 0.05) is 17.8 Å². The van der Waals surface area contributed by atoms with Crippen molar-refractivity contribution < 1.29 is 9.90 Å². The number of aliphatic hydroxyl groups is 1. The average Bonchev–Trinajstić information content (AvgIpc) is 2.96. The fraction of sp³-hybridized carbons (Fsp3) is 0.333. The first-order valence-electron chi connectivity index (χ1n) is 8.53. The van der Waals surface area contributed by atoms with Crippen LogP contribution in [0.4, 0.5) is 10.5 Å². The second-order valence-electron chi connectivity index (χ2n) is 6.75. The van der Waals surface area contributed by atoms with E-state index in [1.54, 1.807) is 36.9 Å². The molecule has 2 heterocycles. The molecule has 27 heavy (non-hydrogen) atoms. The highest BCUT2D eigenvalue weighted by atomic mass is 35.5. The summed E-state index contributed by atoms with van der Waals surface area (Å²) < 4.78 is 1.61. The van der Waals surface area contributed by atoms with Crippen LogP contribution in [0.2, 0.25) is 5.28 Å². The first-order chi connectivity index (χ1) is 12.8. The second kappa shape index (κ2) is 7.50. The van der Waals surface area contributed by atoms with Crippen molar-refractivity contribution in [3.63, 3.8) is 0 Å². The van der Waals surface area contributed by atoms with Gasteiger partial charge in [-0.1, -0.05) is 12.1 Å². The zero-order valence-electron chi connectivity index (χ0n) is 15.3. The Labute approximate surface area is 161 Å². The van der Waals surface area contributed by atoms with Gasteiger partial charge >= 0.3 is 6.03 Å². The molecule has 0 radical (unpaired) electrons. The van der Waals surface area contributed by atoms with E-state index in [1.807, 2.05) is 19.1 Å². The standard InChI is InChI=1S/C18H21ClN6O2/c1-4-20-17(26)22-12-7-5-11(6-8-12)14-13-9-21-25(10-18(2,3)27)15(13)24-16(19)23-14/h5-9,27H,4,10H2,1-3H3,(H2,20,22,26). The SMILES string of the molecule is CCNC(=O)Nc1ccc(-c2nc(Cl)nc3c2cnn3CC(C)(C)O)cc1. The molecule has 8 nitrogen and oxygen atoms in total. The highest BCUT2D eigenvalue weighted by Crippen LogP contribution is 2.28. The number of carbonyl (C=O) groups excluding carboxylic acids is 1. The Morgan fingerprint density at radius 3 is 2.59 bits per heavy atom. The number of rotatable bonds is 5. The number of amides is 2. The molecule has 0 aliphatic carbocycles. The number of benzene rings is 1. The van der Waals surface area contributed by atoms with Crippen LogP contribution in [0, 0.1) is 0 Å². The number of nitrogens with one attached hydrogen (secondary N) is 2. The molecule has 0 unspecified atom stereocenters. The van der Waals surface area contributed by atoms with E-state index in [0.29, 0.717) is 23.6 Å². The van der Waals surface area contributed by atoms with Crippen LogP contribution in [0.5, 0.6) is 0 Å². The maximum atomic E-state index is 11.6. The molecule has 1 aromatic carbocycles. The number of aromatic nitrogens is 4. The van der Waals surface area contributed by atoms with Gasteiger partial charge in [-0.25, -0.2) is 14.5 Å². The van der Waals surface area contributed by atoms with Gasteiger partial charge in [0.05, 0.1) is 29.4 Å². The Morgan fingerprint density at radius 1 is 1.26 bits per heavy atom. The van der Waals surface area contributed by atoms with Gasteiger partial charge in [-0.05, 0) is 44.5 Å². The predicted molar refractivity (Wildman–Crippen MR) is 105 cm³/mol. The van der Waals surface area contributed by atoms with Crippen LogP contribution in [0.25, 0.3) is 22.3 Å². The summed E-state index contributed by atoms with van der Waals surface area (Å²) in [5.41, 5.74) is 1.73. The lowest BCUT2D eigenvalue weighted by Gasteiger charge is -2.17.